The SMILES string of the molecule is Cc1nn(CCOc2ccc(C#N)cc2)c(C)c1NC(O)c1cc(CC(N)=O)nc2ccccc12. The fourth-order valence-corrected chi connectivity index (χ4v) is 3.97. The molecule has 0 aliphatic rings. The predicted octanol–water partition coefficient (Wildman–Crippen LogP) is 3.13. The molecule has 4 aromatic rings. The van der Waals surface area contributed by atoms with Gasteiger partial charge in [0.05, 0.1) is 52.9 Å². The van der Waals surface area contributed by atoms with E-state index in [4.69, 9.17) is 15.7 Å². The van der Waals surface area contributed by atoms with Crippen LogP contribution in [0.15, 0.2) is 54.6 Å². The highest BCUT2D eigenvalue weighted by Crippen LogP contribution is 2.29. The number of aliphatic hydroxyl groups is 1. The Morgan fingerprint density at radius 1 is 1.23 bits per heavy atom. The normalized spacial score (nSPS) is 11.7. The highest BCUT2D eigenvalue weighted by Gasteiger charge is 2.19. The second-order valence-electron chi connectivity index (χ2n) is 8.16. The first-order chi connectivity index (χ1) is 16.9. The lowest BCUT2D eigenvalue weighted by atomic mass is 10.0. The molecular formula is C26H26N6O3. The fraction of sp³-hybridized carbons (Fsp3) is 0.231. The molecule has 4 N–H and O–H groups in total. The number of hydrogen-bond acceptors (Lipinski definition) is 7. The molecule has 2 heterocycles. The summed E-state index contributed by atoms with van der Waals surface area (Å²) in [6.07, 6.45) is -1.07. The van der Waals surface area contributed by atoms with Crippen LogP contribution in [-0.2, 0) is 17.8 Å². The standard InChI is InChI=1S/C26H26N6O3/c1-16-25(17(2)32(31-16)11-12-35-20-9-7-18(15-27)8-10-20)30-26(34)22-13-19(14-24(28)33)29-23-6-4-3-5-21(22)23/h3-10,13,26,30,34H,11-12,14H2,1-2H3,(H2,28,33). The summed E-state index contributed by atoms with van der Waals surface area (Å²) in [5.41, 5.74) is 10.0. The third-order valence-corrected chi connectivity index (χ3v) is 5.67. The number of carbonyl (C=O) groups is 1. The van der Waals surface area contributed by atoms with Crippen molar-refractivity contribution in [2.75, 3.05) is 11.9 Å². The summed E-state index contributed by atoms with van der Waals surface area (Å²) in [6.45, 7) is 4.68. The average Bonchev–Trinajstić information content (AvgIpc) is 3.11. The van der Waals surface area contributed by atoms with Crippen molar-refractivity contribution in [2.45, 2.75) is 33.0 Å². The number of benzene rings is 2. The molecule has 0 spiro atoms. The second-order valence-corrected chi connectivity index (χ2v) is 8.16. The molecule has 4 rings (SSSR count). The number of nitrogens with zero attached hydrogens (tertiary/aromatic N) is 4. The summed E-state index contributed by atoms with van der Waals surface area (Å²) < 4.78 is 7.59. The Morgan fingerprint density at radius 2 is 1.97 bits per heavy atom. The van der Waals surface area contributed by atoms with Gasteiger partial charge in [0, 0.05) is 10.9 Å². The molecule has 1 amide bonds. The first-order valence-corrected chi connectivity index (χ1v) is 11.1. The second kappa shape index (κ2) is 10.2. The zero-order valence-electron chi connectivity index (χ0n) is 19.5. The van der Waals surface area contributed by atoms with Gasteiger partial charge >= 0.3 is 0 Å². The van der Waals surface area contributed by atoms with Gasteiger partial charge in [0.1, 0.15) is 12.4 Å². The van der Waals surface area contributed by atoms with Crippen molar-refractivity contribution < 1.29 is 14.6 Å². The number of nitriles is 1. The predicted molar refractivity (Wildman–Crippen MR) is 132 cm³/mol. The molecule has 0 radical (unpaired) electrons. The van der Waals surface area contributed by atoms with E-state index in [-0.39, 0.29) is 6.42 Å². The van der Waals surface area contributed by atoms with Crippen LogP contribution in [0.4, 0.5) is 5.69 Å². The maximum absolute atomic E-state index is 11.4. The van der Waals surface area contributed by atoms with E-state index in [0.29, 0.717) is 46.9 Å². The van der Waals surface area contributed by atoms with E-state index >= 15 is 0 Å². The molecular weight excluding hydrogens is 444 g/mol. The van der Waals surface area contributed by atoms with Crippen LogP contribution in [0.1, 0.15) is 34.4 Å². The van der Waals surface area contributed by atoms with Crippen LogP contribution in [0.3, 0.4) is 0 Å². The molecule has 0 aliphatic carbocycles. The number of nitrogens with two attached hydrogens (primary N) is 1. The minimum Gasteiger partial charge on any atom is -0.492 e. The number of anilines is 1. The summed E-state index contributed by atoms with van der Waals surface area (Å²) in [5.74, 6) is 0.188. The summed E-state index contributed by atoms with van der Waals surface area (Å²) in [6, 6.07) is 18.1. The number of hydrogen-bond donors (Lipinski definition) is 3. The lowest BCUT2D eigenvalue weighted by molar-refractivity contribution is -0.117. The molecule has 2 aromatic heterocycles. The van der Waals surface area contributed by atoms with E-state index in [9.17, 15) is 9.90 Å². The lowest BCUT2D eigenvalue weighted by Crippen LogP contribution is -2.17. The molecule has 178 valence electrons. The first kappa shape index (κ1) is 23.7. The maximum Gasteiger partial charge on any atom is 0.223 e. The van der Waals surface area contributed by atoms with Gasteiger partial charge in [-0.1, -0.05) is 18.2 Å². The van der Waals surface area contributed by atoms with Crippen LogP contribution in [0, 0.1) is 25.2 Å². The van der Waals surface area contributed by atoms with Gasteiger partial charge in [0.25, 0.3) is 0 Å². The van der Waals surface area contributed by atoms with Crippen molar-refractivity contribution in [2.24, 2.45) is 5.73 Å². The third-order valence-electron chi connectivity index (χ3n) is 5.67. The number of primary amides is 1. The molecule has 2 aromatic carbocycles. The van der Waals surface area contributed by atoms with Crippen molar-refractivity contribution in [3.8, 4) is 11.8 Å². The third kappa shape index (κ3) is 5.39. The molecule has 1 atom stereocenters. The van der Waals surface area contributed by atoms with Crippen molar-refractivity contribution >= 4 is 22.5 Å². The summed E-state index contributed by atoms with van der Waals surface area (Å²) >= 11 is 0. The average molecular weight is 471 g/mol. The van der Waals surface area contributed by atoms with Crippen LogP contribution in [0.25, 0.3) is 10.9 Å². The molecule has 0 saturated heterocycles. The van der Waals surface area contributed by atoms with Gasteiger partial charge in [0.15, 0.2) is 6.23 Å². The number of aromatic nitrogens is 3. The Hall–Kier alpha value is -4.42. The quantitative estimate of drug-likeness (QED) is 0.319. The monoisotopic (exact) mass is 470 g/mol. The van der Waals surface area contributed by atoms with Crippen LogP contribution >= 0.6 is 0 Å². The molecule has 1 unspecified atom stereocenters. The van der Waals surface area contributed by atoms with Crippen LogP contribution in [-0.4, -0.2) is 32.4 Å². The Kier molecular flexibility index (Phi) is 6.94. The number of ether oxygens (including phenoxy) is 1. The summed E-state index contributed by atoms with van der Waals surface area (Å²) in [7, 11) is 0. The minimum absolute atomic E-state index is 0.0141. The number of amides is 1. The van der Waals surface area contributed by atoms with Gasteiger partial charge in [-0.3, -0.25) is 14.5 Å². The molecule has 9 nitrogen and oxygen atoms in total. The number of nitrogens with one attached hydrogen (secondary N) is 1. The van der Waals surface area contributed by atoms with E-state index in [1.54, 1.807) is 30.3 Å². The summed E-state index contributed by atoms with van der Waals surface area (Å²) in [4.78, 5) is 15.9. The minimum atomic E-state index is -1.06. The van der Waals surface area contributed by atoms with E-state index in [0.717, 1.165) is 16.8 Å². The number of aryl methyl sites for hydroxylation is 1. The molecule has 35 heavy (non-hydrogen) atoms. The number of pyridine rings is 1. The highest BCUT2D eigenvalue weighted by molar-refractivity contribution is 5.84. The number of carbonyl (C=O) groups excluding carboxylic acids is 1. The number of aliphatic hydroxyl groups excluding tert-OH is 1. The molecule has 0 aliphatic heterocycles. The smallest absolute Gasteiger partial charge is 0.223 e. The fourth-order valence-electron chi connectivity index (χ4n) is 3.97. The Morgan fingerprint density at radius 3 is 2.69 bits per heavy atom. The van der Waals surface area contributed by atoms with Gasteiger partial charge in [-0.2, -0.15) is 10.4 Å². The first-order valence-electron chi connectivity index (χ1n) is 11.1. The largest absolute Gasteiger partial charge is 0.492 e. The van der Waals surface area contributed by atoms with E-state index in [1.165, 1.54) is 0 Å². The maximum atomic E-state index is 11.4. The molecule has 0 fully saturated rings. The van der Waals surface area contributed by atoms with E-state index < -0.39 is 12.1 Å². The number of para-hydroxylation sites is 1. The van der Waals surface area contributed by atoms with Gasteiger partial charge in [-0.25, -0.2) is 0 Å². The van der Waals surface area contributed by atoms with E-state index in [1.807, 2.05) is 42.8 Å². The Balaban J connectivity index is 1.51. The Bertz CT molecular complexity index is 1410. The van der Waals surface area contributed by atoms with Crippen LogP contribution in [0.2, 0.25) is 0 Å². The molecule has 0 bridgehead atoms. The van der Waals surface area contributed by atoms with Gasteiger partial charge in [0.2, 0.25) is 5.91 Å². The van der Waals surface area contributed by atoms with Crippen molar-refractivity contribution in [1.29, 1.82) is 5.26 Å². The highest BCUT2D eigenvalue weighted by atomic mass is 16.5. The lowest BCUT2D eigenvalue weighted by Gasteiger charge is -2.18. The molecule has 0 saturated carbocycles. The topological polar surface area (TPSA) is 139 Å². The van der Waals surface area contributed by atoms with Gasteiger partial charge in [-0.05, 0) is 50.2 Å². The van der Waals surface area contributed by atoms with Crippen molar-refractivity contribution in [3.05, 3.63) is 82.8 Å². The van der Waals surface area contributed by atoms with Crippen LogP contribution < -0.4 is 15.8 Å². The van der Waals surface area contributed by atoms with Gasteiger partial charge < -0.3 is 20.9 Å². The zero-order chi connectivity index (χ0) is 24.9. The Labute approximate surface area is 202 Å². The number of rotatable bonds is 9. The van der Waals surface area contributed by atoms with Crippen LogP contribution in [0.5, 0.6) is 5.75 Å². The summed E-state index contributed by atoms with van der Waals surface area (Å²) in [5, 5.41) is 28.5. The zero-order valence-corrected chi connectivity index (χ0v) is 19.5. The van der Waals surface area contributed by atoms with Gasteiger partial charge in [-0.15, -0.1) is 0 Å². The van der Waals surface area contributed by atoms with Crippen molar-refractivity contribution in [1.82, 2.24) is 14.8 Å². The molecule has 9 heteroatoms. The van der Waals surface area contributed by atoms with E-state index in [2.05, 4.69) is 21.5 Å². The van der Waals surface area contributed by atoms with Crippen molar-refractivity contribution in [3.63, 3.8) is 0 Å². The number of fused-ring (bicyclic) bond motifs is 1.